The van der Waals surface area contributed by atoms with Crippen molar-refractivity contribution < 1.29 is 18.8 Å². The van der Waals surface area contributed by atoms with Crippen LogP contribution in [0.4, 0.5) is 0 Å². The number of alkyl halides is 2. The summed E-state index contributed by atoms with van der Waals surface area (Å²) < 4.78 is 8.82. The molecule has 0 fully saturated rings. The average molecular weight is 341 g/mol. The van der Waals surface area contributed by atoms with Gasteiger partial charge in [-0.15, -0.1) is 0 Å². The fourth-order valence-electron chi connectivity index (χ4n) is 0.800. The van der Waals surface area contributed by atoms with E-state index >= 15 is 0 Å². The molecule has 7 heteroatoms. The van der Waals surface area contributed by atoms with Crippen LogP contribution in [0.3, 0.4) is 0 Å². The lowest BCUT2D eigenvalue weighted by Crippen LogP contribution is -2.06. The number of ketones is 1. The van der Waals surface area contributed by atoms with Crippen LogP contribution in [0.25, 0.3) is 0 Å². The molecule has 1 aromatic heterocycles. The summed E-state index contributed by atoms with van der Waals surface area (Å²) in [7, 11) is 0. The zero-order valence-electron chi connectivity index (χ0n) is 7.70. The third-order valence-corrected chi connectivity index (χ3v) is 2.27. The minimum absolute atomic E-state index is 0.00296. The summed E-state index contributed by atoms with van der Waals surface area (Å²) in [6, 6.07) is 1.25. The predicted octanol–water partition coefficient (Wildman–Crippen LogP) is 2.15. The van der Waals surface area contributed by atoms with Crippen LogP contribution in [0.2, 0.25) is 0 Å². The van der Waals surface area contributed by atoms with E-state index in [4.69, 9.17) is 4.52 Å². The number of carbonyl (C=O) groups is 2. The average Bonchev–Trinajstić information content (AvgIpc) is 2.65. The van der Waals surface area contributed by atoms with Gasteiger partial charge in [-0.25, -0.2) is 4.79 Å². The predicted molar refractivity (Wildman–Crippen MR) is 58.4 cm³/mol. The zero-order chi connectivity index (χ0) is 11.4. The lowest BCUT2D eigenvalue weighted by atomic mass is 10.3. The van der Waals surface area contributed by atoms with Gasteiger partial charge in [0.25, 0.3) is 0 Å². The second-order valence-electron chi connectivity index (χ2n) is 2.46. The molecule has 0 aliphatic rings. The summed E-state index contributed by atoms with van der Waals surface area (Å²) in [5.41, 5.74) is -0.0131. The van der Waals surface area contributed by atoms with E-state index in [0.29, 0.717) is 0 Å². The normalized spacial score (nSPS) is 10.4. The summed E-state index contributed by atoms with van der Waals surface area (Å²) >= 11 is 6.03. The van der Waals surface area contributed by atoms with E-state index in [1.54, 1.807) is 6.92 Å². The lowest BCUT2D eigenvalue weighted by Gasteiger charge is -1.94. The van der Waals surface area contributed by atoms with Gasteiger partial charge in [0, 0.05) is 6.07 Å². The Hall–Kier alpha value is -0.690. The maximum atomic E-state index is 11.4. The van der Waals surface area contributed by atoms with Crippen LogP contribution in [-0.2, 0) is 4.74 Å². The molecule has 0 N–H and O–H groups in total. The first kappa shape index (κ1) is 12.4. The first-order chi connectivity index (χ1) is 7.06. The van der Waals surface area contributed by atoms with Gasteiger partial charge in [-0.05, 0) is 6.92 Å². The number of hydrogen-bond acceptors (Lipinski definition) is 5. The van der Waals surface area contributed by atoms with Gasteiger partial charge >= 0.3 is 5.97 Å². The maximum Gasteiger partial charge on any atom is 0.360 e. The van der Waals surface area contributed by atoms with Gasteiger partial charge in [0.05, 0.1) is 6.61 Å². The fraction of sp³-hybridized carbons (Fsp3) is 0.375. The summed E-state index contributed by atoms with van der Waals surface area (Å²) in [5, 5.41) is 3.43. The molecular formula is C8H7Br2NO4. The molecule has 0 amide bonds. The lowest BCUT2D eigenvalue weighted by molar-refractivity contribution is 0.0514. The zero-order valence-corrected chi connectivity index (χ0v) is 10.9. The highest BCUT2D eigenvalue weighted by molar-refractivity contribution is 9.25. The van der Waals surface area contributed by atoms with Crippen molar-refractivity contribution in [2.24, 2.45) is 0 Å². The van der Waals surface area contributed by atoms with Crippen LogP contribution in [0.5, 0.6) is 0 Å². The number of nitrogens with zero attached hydrogens (tertiary/aromatic N) is 1. The summed E-state index contributed by atoms with van der Waals surface area (Å²) in [6.07, 6.45) is 0. The van der Waals surface area contributed by atoms with Crippen LogP contribution in [0, 0.1) is 0 Å². The Bertz CT molecular complexity index is 374. The van der Waals surface area contributed by atoms with Gasteiger partial charge in [-0.1, -0.05) is 37.0 Å². The van der Waals surface area contributed by atoms with Crippen LogP contribution >= 0.6 is 31.9 Å². The quantitative estimate of drug-likeness (QED) is 0.477. The minimum atomic E-state index is -0.610. The molecule has 0 aromatic carbocycles. The van der Waals surface area contributed by atoms with Crippen LogP contribution in [0.15, 0.2) is 10.6 Å². The number of rotatable bonds is 4. The van der Waals surface area contributed by atoms with Gasteiger partial charge in [-0.3, -0.25) is 4.79 Å². The molecule has 82 valence electrons. The Morgan fingerprint density at radius 2 is 2.27 bits per heavy atom. The Balaban J connectivity index is 2.80. The molecule has 0 saturated heterocycles. The smallest absolute Gasteiger partial charge is 0.360 e. The summed E-state index contributed by atoms with van der Waals surface area (Å²) in [6.45, 7) is 1.92. The highest BCUT2D eigenvalue weighted by Gasteiger charge is 2.21. The molecule has 1 rings (SSSR count). The number of esters is 1. The largest absolute Gasteiger partial charge is 0.461 e. The van der Waals surface area contributed by atoms with Crippen molar-refractivity contribution in [1.29, 1.82) is 0 Å². The van der Waals surface area contributed by atoms with Gasteiger partial charge < -0.3 is 9.26 Å². The van der Waals surface area contributed by atoms with Crippen molar-refractivity contribution >= 4 is 43.6 Å². The molecule has 1 heterocycles. The monoisotopic (exact) mass is 339 g/mol. The second-order valence-corrected chi connectivity index (χ2v) is 5.52. The fourth-order valence-corrected chi connectivity index (χ4v) is 1.25. The van der Waals surface area contributed by atoms with Crippen molar-refractivity contribution in [1.82, 2.24) is 5.16 Å². The topological polar surface area (TPSA) is 69.4 Å². The SMILES string of the molecule is CCOC(=O)c1cc(C(=O)C(Br)Br)on1. The molecule has 0 radical (unpaired) electrons. The molecule has 0 aliphatic heterocycles. The molecule has 0 unspecified atom stereocenters. The molecule has 1 aromatic rings. The third kappa shape index (κ3) is 3.13. The van der Waals surface area contributed by atoms with E-state index in [1.807, 2.05) is 0 Å². The number of halogens is 2. The van der Waals surface area contributed by atoms with E-state index in [9.17, 15) is 9.59 Å². The van der Waals surface area contributed by atoms with E-state index < -0.39 is 9.71 Å². The minimum Gasteiger partial charge on any atom is -0.461 e. The van der Waals surface area contributed by atoms with Crippen LogP contribution in [-0.4, -0.2) is 27.3 Å². The highest BCUT2D eigenvalue weighted by atomic mass is 79.9. The van der Waals surface area contributed by atoms with Crippen molar-refractivity contribution in [3.05, 3.63) is 17.5 Å². The Kier molecular flexibility index (Phi) is 4.46. The number of ether oxygens (including phenoxy) is 1. The molecule has 0 saturated carbocycles. The molecule has 0 bridgehead atoms. The first-order valence-corrected chi connectivity index (χ1v) is 5.85. The molecular weight excluding hydrogens is 334 g/mol. The van der Waals surface area contributed by atoms with Gasteiger partial charge in [0.1, 0.15) is 3.74 Å². The van der Waals surface area contributed by atoms with Gasteiger partial charge in [0.2, 0.25) is 11.5 Å². The first-order valence-electron chi connectivity index (χ1n) is 4.02. The number of Topliss-reactive ketones (excluding diaryl/α,β-unsaturated/α-hetero) is 1. The standard InChI is InChI=1S/C8H7Br2NO4/c1-2-14-8(13)4-3-5(15-11-4)6(12)7(9)10/h3,7H,2H2,1H3. The van der Waals surface area contributed by atoms with E-state index in [-0.39, 0.29) is 23.8 Å². The second kappa shape index (κ2) is 5.41. The van der Waals surface area contributed by atoms with E-state index in [2.05, 4.69) is 41.8 Å². The third-order valence-electron chi connectivity index (χ3n) is 1.44. The summed E-state index contributed by atoms with van der Waals surface area (Å²) in [4.78, 5) is 22.5. The number of carbonyl (C=O) groups excluding carboxylic acids is 2. The van der Waals surface area contributed by atoms with Crippen LogP contribution < -0.4 is 0 Å². The Labute approximate surface area is 102 Å². The van der Waals surface area contributed by atoms with E-state index in [1.165, 1.54) is 6.07 Å². The highest BCUT2D eigenvalue weighted by Crippen LogP contribution is 2.16. The van der Waals surface area contributed by atoms with Crippen molar-refractivity contribution in [2.75, 3.05) is 6.61 Å². The number of aromatic nitrogens is 1. The van der Waals surface area contributed by atoms with Crippen molar-refractivity contribution in [2.45, 2.75) is 10.7 Å². The molecule has 0 atom stereocenters. The van der Waals surface area contributed by atoms with E-state index in [0.717, 1.165) is 0 Å². The molecule has 5 nitrogen and oxygen atoms in total. The van der Waals surface area contributed by atoms with Crippen molar-refractivity contribution in [3.63, 3.8) is 0 Å². The van der Waals surface area contributed by atoms with Gasteiger partial charge in [-0.2, -0.15) is 0 Å². The summed E-state index contributed by atoms with van der Waals surface area (Å²) in [5.74, 6) is -0.962. The Morgan fingerprint density at radius 1 is 1.60 bits per heavy atom. The molecule has 0 aliphatic carbocycles. The maximum absolute atomic E-state index is 11.4. The Morgan fingerprint density at radius 3 is 2.80 bits per heavy atom. The number of hydrogen-bond donors (Lipinski definition) is 0. The van der Waals surface area contributed by atoms with Gasteiger partial charge in [0.15, 0.2) is 5.69 Å². The van der Waals surface area contributed by atoms with Crippen molar-refractivity contribution in [3.8, 4) is 0 Å². The molecule has 15 heavy (non-hydrogen) atoms. The molecule has 0 spiro atoms. The van der Waals surface area contributed by atoms with Crippen LogP contribution in [0.1, 0.15) is 28.0 Å².